The van der Waals surface area contributed by atoms with Gasteiger partial charge in [-0.2, -0.15) is 0 Å². The molecular weight excluding hydrogens is 388 g/mol. The normalized spacial score (nSPS) is 13.2. The molecule has 10 heteroatoms. The number of non-ortho nitro benzene ring substituents is 1. The lowest BCUT2D eigenvalue weighted by molar-refractivity contribution is -0.384. The molecule has 1 N–H and O–H groups in total. The number of amides is 1. The Morgan fingerprint density at radius 1 is 1.14 bits per heavy atom. The Bertz CT molecular complexity index is 941. The van der Waals surface area contributed by atoms with Crippen molar-refractivity contribution in [1.29, 1.82) is 0 Å². The smallest absolute Gasteiger partial charge is 0.341 e. The Hall–Kier alpha value is -3.56. The van der Waals surface area contributed by atoms with Crippen LogP contribution in [0.1, 0.15) is 23.2 Å². The number of carbonyl (C=O) groups excluding carboxylic acids is 2. The molecule has 1 aliphatic rings. The van der Waals surface area contributed by atoms with Gasteiger partial charge in [0.05, 0.1) is 16.2 Å². The summed E-state index contributed by atoms with van der Waals surface area (Å²) < 4.78 is 32.1. The molecule has 8 nitrogen and oxygen atoms in total. The van der Waals surface area contributed by atoms with Crippen LogP contribution < -0.4 is 10.2 Å². The van der Waals surface area contributed by atoms with Crippen molar-refractivity contribution < 1.29 is 28.0 Å². The topological polar surface area (TPSA) is 102 Å². The largest absolute Gasteiger partial charge is 0.452 e. The van der Waals surface area contributed by atoms with Gasteiger partial charge in [-0.25, -0.2) is 13.6 Å². The first-order valence-electron chi connectivity index (χ1n) is 8.81. The van der Waals surface area contributed by atoms with Crippen LogP contribution in [-0.2, 0) is 9.53 Å². The van der Waals surface area contributed by atoms with Crippen molar-refractivity contribution in [2.75, 3.05) is 29.9 Å². The highest BCUT2D eigenvalue weighted by Gasteiger charge is 2.24. The molecule has 2 aromatic carbocycles. The van der Waals surface area contributed by atoms with E-state index < -0.39 is 40.7 Å². The van der Waals surface area contributed by atoms with Gasteiger partial charge < -0.3 is 15.0 Å². The molecule has 0 saturated carbocycles. The van der Waals surface area contributed by atoms with Crippen molar-refractivity contribution >= 4 is 28.9 Å². The third kappa shape index (κ3) is 4.65. The van der Waals surface area contributed by atoms with Crippen molar-refractivity contribution in [3.63, 3.8) is 0 Å². The maximum Gasteiger partial charge on any atom is 0.341 e. The molecule has 0 unspecified atom stereocenters. The van der Waals surface area contributed by atoms with Gasteiger partial charge in [0.1, 0.15) is 17.3 Å². The Labute approximate surface area is 164 Å². The van der Waals surface area contributed by atoms with Gasteiger partial charge in [0, 0.05) is 25.2 Å². The number of nitrogens with one attached hydrogen (secondary N) is 1. The second kappa shape index (κ2) is 8.63. The standard InChI is InChI=1S/C19H17F2N3O5/c20-14-4-3-5-15(21)18(14)22-17(25)11-29-19(26)13-10-12(24(27)28)6-7-16(13)23-8-1-2-9-23/h3-7,10H,1-2,8-9,11H2,(H,22,25). The number of halogens is 2. The first-order valence-corrected chi connectivity index (χ1v) is 8.81. The number of nitrogens with zero attached hydrogens (tertiary/aromatic N) is 2. The molecule has 1 saturated heterocycles. The number of esters is 1. The molecule has 0 aromatic heterocycles. The van der Waals surface area contributed by atoms with Gasteiger partial charge in [-0.15, -0.1) is 0 Å². The minimum absolute atomic E-state index is 0.0500. The van der Waals surface area contributed by atoms with E-state index in [9.17, 15) is 28.5 Å². The van der Waals surface area contributed by atoms with Crippen LogP contribution in [0, 0.1) is 21.7 Å². The van der Waals surface area contributed by atoms with E-state index in [-0.39, 0.29) is 11.3 Å². The number of hydrogen-bond donors (Lipinski definition) is 1. The molecule has 1 amide bonds. The predicted molar refractivity (Wildman–Crippen MR) is 99.8 cm³/mol. The first-order chi connectivity index (χ1) is 13.9. The molecule has 152 valence electrons. The Morgan fingerprint density at radius 3 is 2.41 bits per heavy atom. The quantitative estimate of drug-likeness (QED) is 0.450. The summed E-state index contributed by atoms with van der Waals surface area (Å²) in [6, 6.07) is 6.92. The maximum absolute atomic E-state index is 13.6. The van der Waals surface area contributed by atoms with E-state index in [0.717, 1.165) is 37.1 Å². The summed E-state index contributed by atoms with van der Waals surface area (Å²) >= 11 is 0. The van der Waals surface area contributed by atoms with Gasteiger partial charge in [-0.1, -0.05) is 6.07 Å². The fourth-order valence-electron chi connectivity index (χ4n) is 3.04. The molecule has 2 aromatic rings. The van der Waals surface area contributed by atoms with E-state index >= 15 is 0 Å². The first kappa shape index (κ1) is 20.2. The molecule has 0 atom stereocenters. The number of hydrogen-bond acceptors (Lipinski definition) is 6. The maximum atomic E-state index is 13.6. The van der Waals surface area contributed by atoms with Crippen LogP contribution in [0.15, 0.2) is 36.4 Å². The summed E-state index contributed by atoms with van der Waals surface area (Å²) in [6.07, 6.45) is 1.84. The van der Waals surface area contributed by atoms with Crippen molar-refractivity contribution in [3.05, 3.63) is 63.7 Å². The van der Waals surface area contributed by atoms with Gasteiger partial charge >= 0.3 is 5.97 Å². The van der Waals surface area contributed by atoms with Crippen LogP contribution in [0.25, 0.3) is 0 Å². The monoisotopic (exact) mass is 405 g/mol. The van der Waals surface area contributed by atoms with Crippen molar-refractivity contribution in [2.24, 2.45) is 0 Å². The van der Waals surface area contributed by atoms with Crippen LogP contribution in [0.4, 0.5) is 25.8 Å². The fraction of sp³-hybridized carbons (Fsp3) is 0.263. The predicted octanol–water partition coefficient (Wildman–Crippen LogP) is 3.27. The summed E-state index contributed by atoms with van der Waals surface area (Å²) in [6.45, 7) is 0.561. The number of para-hydroxylation sites is 1. The second-order valence-electron chi connectivity index (χ2n) is 6.37. The molecule has 1 aliphatic heterocycles. The van der Waals surface area contributed by atoms with Crippen LogP contribution in [0.2, 0.25) is 0 Å². The van der Waals surface area contributed by atoms with Gasteiger partial charge in [0.25, 0.3) is 11.6 Å². The number of carbonyl (C=O) groups is 2. The molecule has 1 fully saturated rings. The second-order valence-corrected chi connectivity index (χ2v) is 6.37. The zero-order valence-electron chi connectivity index (χ0n) is 15.2. The Balaban J connectivity index is 1.73. The highest BCUT2D eigenvalue weighted by Crippen LogP contribution is 2.29. The van der Waals surface area contributed by atoms with Crippen LogP contribution >= 0.6 is 0 Å². The van der Waals surface area contributed by atoms with Gasteiger partial charge in [0.2, 0.25) is 0 Å². The Kier molecular flexibility index (Phi) is 6.01. The lowest BCUT2D eigenvalue weighted by Crippen LogP contribution is -2.24. The van der Waals surface area contributed by atoms with E-state index in [2.05, 4.69) is 0 Å². The zero-order chi connectivity index (χ0) is 21.0. The summed E-state index contributed by atoms with van der Waals surface area (Å²) in [5.74, 6) is -3.84. The highest BCUT2D eigenvalue weighted by molar-refractivity contribution is 5.99. The highest BCUT2D eigenvalue weighted by atomic mass is 19.1. The summed E-state index contributed by atoms with van der Waals surface area (Å²) in [5, 5.41) is 13.0. The number of benzene rings is 2. The van der Waals surface area contributed by atoms with Gasteiger partial charge in [0.15, 0.2) is 6.61 Å². The molecule has 29 heavy (non-hydrogen) atoms. The Morgan fingerprint density at radius 2 is 1.79 bits per heavy atom. The van der Waals surface area contributed by atoms with Crippen molar-refractivity contribution in [2.45, 2.75) is 12.8 Å². The van der Waals surface area contributed by atoms with E-state index in [4.69, 9.17) is 4.74 Å². The van der Waals surface area contributed by atoms with Crippen molar-refractivity contribution in [1.82, 2.24) is 0 Å². The number of ether oxygens (including phenoxy) is 1. The SMILES string of the molecule is O=C(COC(=O)c1cc([N+](=O)[O-])ccc1N1CCCC1)Nc1c(F)cccc1F. The third-order valence-electron chi connectivity index (χ3n) is 4.42. The molecule has 1 heterocycles. The van der Waals surface area contributed by atoms with E-state index in [0.29, 0.717) is 18.8 Å². The average molecular weight is 405 g/mol. The van der Waals surface area contributed by atoms with E-state index in [1.807, 2.05) is 10.2 Å². The molecular formula is C19H17F2N3O5. The molecule has 0 aliphatic carbocycles. The molecule has 0 bridgehead atoms. The lowest BCUT2D eigenvalue weighted by Gasteiger charge is -2.20. The minimum Gasteiger partial charge on any atom is -0.452 e. The third-order valence-corrected chi connectivity index (χ3v) is 4.42. The van der Waals surface area contributed by atoms with E-state index in [1.165, 1.54) is 12.1 Å². The van der Waals surface area contributed by atoms with E-state index in [1.54, 1.807) is 0 Å². The number of rotatable bonds is 6. The molecule has 0 spiro atoms. The summed E-state index contributed by atoms with van der Waals surface area (Å²) in [7, 11) is 0. The van der Waals surface area contributed by atoms with Crippen molar-refractivity contribution in [3.8, 4) is 0 Å². The summed E-state index contributed by atoms with van der Waals surface area (Å²) in [4.78, 5) is 36.7. The van der Waals surface area contributed by atoms with Gasteiger partial charge in [-0.3, -0.25) is 14.9 Å². The molecule has 0 radical (unpaired) electrons. The average Bonchev–Trinajstić information content (AvgIpc) is 3.23. The minimum atomic E-state index is -0.973. The summed E-state index contributed by atoms with van der Waals surface area (Å²) in [5.41, 5.74) is -0.524. The number of nitro groups is 1. The fourth-order valence-corrected chi connectivity index (χ4v) is 3.04. The van der Waals surface area contributed by atoms with Crippen LogP contribution in [0.3, 0.4) is 0 Å². The number of anilines is 2. The number of nitro benzene ring substituents is 1. The van der Waals surface area contributed by atoms with Gasteiger partial charge in [-0.05, 0) is 31.0 Å². The van der Waals surface area contributed by atoms with Crippen LogP contribution in [-0.4, -0.2) is 36.5 Å². The van der Waals surface area contributed by atoms with Crippen LogP contribution in [0.5, 0.6) is 0 Å². The zero-order valence-corrected chi connectivity index (χ0v) is 15.2. The molecule has 3 rings (SSSR count). The lowest BCUT2D eigenvalue weighted by atomic mass is 10.1.